The van der Waals surface area contributed by atoms with Gasteiger partial charge in [-0.15, -0.1) is 0 Å². The summed E-state index contributed by atoms with van der Waals surface area (Å²) in [5, 5.41) is -0.00823. The average molecular weight is 335 g/mol. The van der Waals surface area contributed by atoms with Gasteiger partial charge >= 0.3 is 5.97 Å². The molecule has 1 aromatic rings. The van der Waals surface area contributed by atoms with Gasteiger partial charge in [0, 0.05) is 25.1 Å². The van der Waals surface area contributed by atoms with Crippen molar-refractivity contribution in [3.63, 3.8) is 0 Å². The van der Waals surface area contributed by atoms with Gasteiger partial charge in [-0.25, -0.2) is 4.79 Å². The summed E-state index contributed by atoms with van der Waals surface area (Å²) in [5.41, 5.74) is 0. The minimum absolute atomic E-state index is 0.00823. The molecule has 1 aliphatic rings. The lowest BCUT2D eigenvalue weighted by Gasteiger charge is -2.26. The van der Waals surface area contributed by atoms with Gasteiger partial charge in [0.1, 0.15) is 11.8 Å². The Kier molecular flexibility index (Phi) is 6.21. The Morgan fingerprint density at radius 3 is 2.65 bits per heavy atom. The minimum Gasteiger partial charge on any atom is -0.425 e. The van der Waals surface area contributed by atoms with Gasteiger partial charge in [-0.05, 0) is 25.0 Å². The van der Waals surface area contributed by atoms with Gasteiger partial charge < -0.3 is 9.64 Å². The van der Waals surface area contributed by atoms with E-state index in [1.807, 2.05) is 6.07 Å². The summed E-state index contributed by atoms with van der Waals surface area (Å²) in [6.45, 7) is 3.83. The van der Waals surface area contributed by atoms with Gasteiger partial charge in [0.2, 0.25) is 5.91 Å². The van der Waals surface area contributed by atoms with E-state index in [1.54, 1.807) is 36.1 Å². The molecule has 1 amide bonds. The Hall–Kier alpha value is -1.82. The van der Waals surface area contributed by atoms with E-state index < -0.39 is 12.0 Å². The molecule has 0 aromatic heterocycles. The Bertz CT molecular complexity index is 575. The summed E-state index contributed by atoms with van der Waals surface area (Å²) in [4.78, 5) is 37.5. The van der Waals surface area contributed by atoms with Gasteiger partial charge in [0.15, 0.2) is 5.12 Å². The number of nitrogens with zero attached hydrogens (tertiary/aromatic N) is 1. The molecule has 1 saturated heterocycles. The molecule has 124 valence electrons. The predicted octanol–water partition coefficient (Wildman–Crippen LogP) is 2.50. The third-order valence-corrected chi connectivity index (χ3v) is 4.80. The third-order valence-electron chi connectivity index (χ3n) is 3.73. The zero-order valence-electron chi connectivity index (χ0n) is 13.4. The zero-order chi connectivity index (χ0) is 16.8. The largest absolute Gasteiger partial charge is 0.425 e. The maximum Gasteiger partial charge on any atom is 0.334 e. The van der Waals surface area contributed by atoms with Crippen LogP contribution in [0.5, 0.6) is 5.75 Å². The van der Waals surface area contributed by atoms with Crippen molar-refractivity contribution >= 4 is 28.8 Å². The monoisotopic (exact) mass is 335 g/mol. The number of esters is 1. The van der Waals surface area contributed by atoms with E-state index in [4.69, 9.17) is 4.74 Å². The molecule has 1 fully saturated rings. The lowest BCUT2D eigenvalue weighted by molar-refractivity contribution is -0.147. The van der Waals surface area contributed by atoms with E-state index >= 15 is 0 Å². The van der Waals surface area contributed by atoms with Crippen LogP contribution >= 0.6 is 11.8 Å². The first kappa shape index (κ1) is 17.5. The number of amides is 1. The van der Waals surface area contributed by atoms with Crippen molar-refractivity contribution in [2.45, 2.75) is 32.7 Å². The Balaban J connectivity index is 1.97. The fourth-order valence-electron chi connectivity index (χ4n) is 2.54. The number of hydrogen-bond donors (Lipinski definition) is 0. The summed E-state index contributed by atoms with van der Waals surface area (Å²) < 4.78 is 5.36. The van der Waals surface area contributed by atoms with Crippen LogP contribution in [0.25, 0.3) is 0 Å². The Labute approximate surface area is 140 Å². The number of para-hydroxylation sites is 1. The number of rotatable bonds is 5. The normalized spacial score (nSPS) is 18.5. The fraction of sp³-hybridized carbons (Fsp3) is 0.471. The molecule has 1 heterocycles. The molecule has 1 aliphatic heterocycles. The lowest BCUT2D eigenvalue weighted by atomic mass is 10.1. The topological polar surface area (TPSA) is 63.7 Å². The zero-order valence-corrected chi connectivity index (χ0v) is 14.2. The van der Waals surface area contributed by atoms with Crippen LogP contribution in [0.1, 0.15) is 26.7 Å². The van der Waals surface area contributed by atoms with Crippen LogP contribution in [0.4, 0.5) is 0 Å². The number of thioether (sulfide) groups is 1. The summed E-state index contributed by atoms with van der Waals surface area (Å²) >= 11 is 1.14. The van der Waals surface area contributed by atoms with Crippen molar-refractivity contribution in [1.29, 1.82) is 0 Å². The molecule has 0 saturated carbocycles. The second kappa shape index (κ2) is 8.15. The highest BCUT2D eigenvalue weighted by molar-refractivity contribution is 8.13. The van der Waals surface area contributed by atoms with Crippen LogP contribution in [0.2, 0.25) is 0 Å². The van der Waals surface area contributed by atoms with Gasteiger partial charge in [0.05, 0.1) is 0 Å². The molecule has 0 aliphatic carbocycles. The molecule has 1 aromatic carbocycles. The van der Waals surface area contributed by atoms with Crippen LogP contribution in [-0.4, -0.2) is 40.2 Å². The molecule has 2 atom stereocenters. The lowest BCUT2D eigenvalue weighted by Crippen LogP contribution is -2.45. The predicted molar refractivity (Wildman–Crippen MR) is 89.1 cm³/mol. The molecular weight excluding hydrogens is 314 g/mol. The van der Waals surface area contributed by atoms with Gasteiger partial charge in [-0.3, -0.25) is 9.59 Å². The maximum absolute atomic E-state index is 12.5. The smallest absolute Gasteiger partial charge is 0.334 e. The van der Waals surface area contributed by atoms with Gasteiger partial charge in [0.25, 0.3) is 0 Å². The van der Waals surface area contributed by atoms with Crippen LogP contribution in [0, 0.1) is 5.92 Å². The Morgan fingerprint density at radius 2 is 2.00 bits per heavy atom. The molecule has 6 heteroatoms. The SMILES string of the molecule is CC(=O)SC[C@@H](C)C(=O)N1CCC[C@H]1C(=O)Oc1ccccc1. The molecule has 23 heavy (non-hydrogen) atoms. The van der Waals surface area contributed by atoms with Crippen LogP contribution in [0.3, 0.4) is 0 Å². The number of carbonyl (C=O) groups excluding carboxylic acids is 3. The maximum atomic E-state index is 12.5. The molecular formula is C17H21NO4S. The first-order valence-corrected chi connectivity index (χ1v) is 8.68. The van der Waals surface area contributed by atoms with Gasteiger partial charge in [-0.1, -0.05) is 36.9 Å². The molecule has 0 N–H and O–H groups in total. The Morgan fingerprint density at radius 1 is 1.30 bits per heavy atom. The number of likely N-dealkylation sites (tertiary alicyclic amines) is 1. The first-order valence-electron chi connectivity index (χ1n) is 7.69. The second-order valence-electron chi connectivity index (χ2n) is 5.63. The molecule has 0 spiro atoms. The number of ether oxygens (including phenoxy) is 1. The molecule has 0 bridgehead atoms. The highest BCUT2D eigenvalue weighted by Crippen LogP contribution is 2.23. The summed E-state index contributed by atoms with van der Waals surface area (Å²) in [6, 6.07) is 8.32. The fourth-order valence-corrected chi connectivity index (χ4v) is 3.17. The second-order valence-corrected chi connectivity index (χ2v) is 6.82. The summed E-state index contributed by atoms with van der Waals surface area (Å²) in [7, 11) is 0. The molecule has 5 nitrogen and oxygen atoms in total. The van der Waals surface area contributed by atoms with Crippen molar-refractivity contribution in [2.24, 2.45) is 5.92 Å². The minimum atomic E-state index is -0.535. The van der Waals surface area contributed by atoms with Crippen LogP contribution in [-0.2, 0) is 14.4 Å². The van der Waals surface area contributed by atoms with E-state index in [0.717, 1.165) is 18.2 Å². The average Bonchev–Trinajstić information content (AvgIpc) is 3.02. The van der Waals surface area contributed by atoms with Crippen molar-refractivity contribution < 1.29 is 19.1 Å². The van der Waals surface area contributed by atoms with Crippen molar-refractivity contribution in [1.82, 2.24) is 4.90 Å². The van der Waals surface area contributed by atoms with Gasteiger partial charge in [-0.2, -0.15) is 0 Å². The molecule has 0 radical (unpaired) electrons. The number of carbonyl (C=O) groups is 3. The van der Waals surface area contributed by atoms with E-state index in [9.17, 15) is 14.4 Å². The molecule has 2 rings (SSSR count). The van der Waals surface area contributed by atoms with Crippen LogP contribution in [0.15, 0.2) is 30.3 Å². The highest BCUT2D eigenvalue weighted by atomic mass is 32.2. The summed E-state index contributed by atoms with van der Waals surface area (Å²) in [6.07, 6.45) is 1.40. The van der Waals surface area contributed by atoms with E-state index in [-0.39, 0.29) is 16.9 Å². The van der Waals surface area contributed by atoms with E-state index in [2.05, 4.69) is 0 Å². The summed E-state index contributed by atoms with van der Waals surface area (Å²) in [5.74, 6) is 0.135. The van der Waals surface area contributed by atoms with E-state index in [1.165, 1.54) is 6.92 Å². The first-order chi connectivity index (χ1) is 11.0. The standard InChI is InChI=1S/C17H21NO4S/c1-12(11-23-13(2)19)16(20)18-10-6-9-15(18)17(21)22-14-7-4-3-5-8-14/h3-5,7-8,12,15H,6,9-11H2,1-2H3/t12-,15+/m1/s1. The van der Waals surface area contributed by atoms with Crippen molar-refractivity contribution in [3.05, 3.63) is 30.3 Å². The number of benzene rings is 1. The van der Waals surface area contributed by atoms with Crippen molar-refractivity contribution in [3.8, 4) is 5.75 Å². The quantitative estimate of drug-likeness (QED) is 0.611. The molecule has 0 unspecified atom stereocenters. The van der Waals surface area contributed by atoms with E-state index in [0.29, 0.717) is 24.5 Å². The highest BCUT2D eigenvalue weighted by Gasteiger charge is 2.37. The van der Waals surface area contributed by atoms with Crippen molar-refractivity contribution in [2.75, 3.05) is 12.3 Å². The number of hydrogen-bond acceptors (Lipinski definition) is 5. The third kappa shape index (κ3) is 4.82. The van der Waals surface area contributed by atoms with Crippen LogP contribution < -0.4 is 4.74 Å².